The van der Waals surface area contributed by atoms with Gasteiger partial charge < -0.3 is 11.1 Å². The van der Waals surface area contributed by atoms with E-state index in [1.54, 1.807) is 0 Å². The number of rotatable bonds is 5. The summed E-state index contributed by atoms with van der Waals surface area (Å²) in [7, 11) is 2.03. The number of carbonyl (C=O) groups is 1. The van der Waals surface area contributed by atoms with Crippen molar-refractivity contribution in [3.05, 3.63) is 0 Å². The fourth-order valence-corrected chi connectivity index (χ4v) is 1.97. The highest BCUT2D eigenvalue weighted by Gasteiger charge is 2.20. The summed E-state index contributed by atoms with van der Waals surface area (Å²) in [6.07, 6.45) is 5.08. The standard InChI is InChI=1S/C10H21N3O/c1-13(9-4-2-3-5-9)8-10(14)12-7-6-11/h9H,2-8,11H2,1H3,(H,12,14). The summed E-state index contributed by atoms with van der Waals surface area (Å²) in [6, 6.07) is 0.610. The first kappa shape index (κ1) is 11.5. The molecule has 0 atom stereocenters. The zero-order valence-corrected chi connectivity index (χ0v) is 8.96. The van der Waals surface area contributed by atoms with Crippen LogP contribution >= 0.6 is 0 Å². The monoisotopic (exact) mass is 199 g/mol. The van der Waals surface area contributed by atoms with Crippen molar-refractivity contribution in [1.29, 1.82) is 0 Å². The molecule has 1 fully saturated rings. The van der Waals surface area contributed by atoms with E-state index in [-0.39, 0.29) is 5.91 Å². The van der Waals surface area contributed by atoms with Crippen molar-refractivity contribution < 1.29 is 4.79 Å². The second-order valence-corrected chi connectivity index (χ2v) is 3.99. The Bertz CT molecular complexity index is 178. The van der Waals surface area contributed by atoms with Crippen LogP contribution in [0.4, 0.5) is 0 Å². The maximum Gasteiger partial charge on any atom is 0.234 e. The van der Waals surface area contributed by atoms with Crippen LogP contribution in [-0.2, 0) is 4.79 Å². The van der Waals surface area contributed by atoms with E-state index in [9.17, 15) is 4.79 Å². The average molecular weight is 199 g/mol. The number of nitrogens with one attached hydrogen (secondary N) is 1. The lowest BCUT2D eigenvalue weighted by molar-refractivity contribution is -0.122. The Balaban J connectivity index is 2.18. The number of hydrogen-bond donors (Lipinski definition) is 2. The molecule has 1 saturated carbocycles. The maximum atomic E-state index is 11.4. The summed E-state index contributed by atoms with van der Waals surface area (Å²) in [4.78, 5) is 13.5. The smallest absolute Gasteiger partial charge is 0.234 e. The van der Waals surface area contributed by atoms with E-state index in [0.29, 0.717) is 25.7 Å². The second-order valence-electron chi connectivity index (χ2n) is 3.99. The lowest BCUT2D eigenvalue weighted by atomic mass is 10.2. The van der Waals surface area contributed by atoms with Crippen molar-refractivity contribution in [3.8, 4) is 0 Å². The molecule has 4 nitrogen and oxygen atoms in total. The fraction of sp³-hybridized carbons (Fsp3) is 0.900. The Morgan fingerprint density at radius 2 is 2.14 bits per heavy atom. The third-order valence-corrected chi connectivity index (χ3v) is 2.81. The van der Waals surface area contributed by atoms with Gasteiger partial charge in [-0.3, -0.25) is 9.69 Å². The van der Waals surface area contributed by atoms with Crippen LogP contribution in [-0.4, -0.2) is 43.5 Å². The molecule has 0 aliphatic heterocycles. The van der Waals surface area contributed by atoms with Gasteiger partial charge in [-0.2, -0.15) is 0 Å². The van der Waals surface area contributed by atoms with E-state index in [1.165, 1.54) is 25.7 Å². The molecule has 0 aromatic heterocycles. The van der Waals surface area contributed by atoms with Gasteiger partial charge in [0.1, 0.15) is 0 Å². The Kier molecular flexibility index (Phi) is 4.90. The van der Waals surface area contributed by atoms with Gasteiger partial charge in [0.2, 0.25) is 5.91 Å². The van der Waals surface area contributed by atoms with E-state index >= 15 is 0 Å². The highest BCUT2D eigenvalue weighted by Crippen LogP contribution is 2.21. The Morgan fingerprint density at radius 1 is 1.50 bits per heavy atom. The first-order valence-corrected chi connectivity index (χ1v) is 5.41. The number of likely N-dealkylation sites (N-methyl/N-ethyl adjacent to an activating group) is 1. The van der Waals surface area contributed by atoms with Crippen LogP contribution in [0.2, 0.25) is 0 Å². The van der Waals surface area contributed by atoms with Crippen LogP contribution in [0, 0.1) is 0 Å². The lowest BCUT2D eigenvalue weighted by Crippen LogP contribution is -2.40. The molecule has 0 aromatic rings. The van der Waals surface area contributed by atoms with Gasteiger partial charge in [0.15, 0.2) is 0 Å². The van der Waals surface area contributed by atoms with Crippen LogP contribution in [0.5, 0.6) is 0 Å². The molecule has 0 heterocycles. The van der Waals surface area contributed by atoms with Crippen LogP contribution in [0.25, 0.3) is 0 Å². The average Bonchev–Trinajstić information content (AvgIpc) is 2.67. The highest BCUT2D eigenvalue weighted by molar-refractivity contribution is 5.77. The van der Waals surface area contributed by atoms with Crippen molar-refractivity contribution in [2.75, 3.05) is 26.7 Å². The highest BCUT2D eigenvalue weighted by atomic mass is 16.2. The van der Waals surface area contributed by atoms with Gasteiger partial charge in [0, 0.05) is 19.1 Å². The first-order valence-electron chi connectivity index (χ1n) is 5.41. The second kappa shape index (κ2) is 5.98. The molecule has 3 N–H and O–H groups in total. The van der Waals surface area contributed by atoms with Gasteiger partial charge in [0.25, 0.3) is 0 Å². The molecule has 82 valence electrons. The molecular formula is C10H21N3O. The molecule has 0 aromatic carbocycles. The Hall–Kier alpha value is -0.610. The number of amides is 1. The molecular weight excluding hydrogens is 178 g/mol. The molecule has 1 aliphatic carbocycles. The molecule has 4 heteroatoms. The molecule has 0 saturated heterocycles. The van der Waals surface area contributed by atoms with Crippen molar-refractivity contribution in [3.63, 3.8) is 0 Å². The van der Waals surface area contributed by atoms with Gasteiger partial charge in [-0.25, -0.2) is 0 Å². The molecule has 14 heavy (non-hydrogen) atoms. The summed E-state index contributed by atoms with van der Waals surface area (Å²) in [5.74, 6) is 0.0878. The number of hydrogen-bond acceptors (Lipinski definition) is 3. The zero-order chi connectivity index (χ0) is 10.4. The summed E-state index contributed by atoms with van der Waals surface area (Å²) in [5, 5.41) is 2.78. The van der Waals surface area contributed by atoms with E-state index < -0.39 is 0 Å². The third-order valence-electron chi connectivity index (χ3n) is 2.81. The predicted octanol–water partition coefficient (Wildman–Crippen LogP) is -0.0643. The number of carbonyl (C=O) groups excluding carboxylic acids is 1. The van der Waals surface area contributed by atoms with Crippen molar-refractivity contribution in [1.82, 2.24) is 10.2 Å². The normalized spacial score (nSPS) is 17.6. The minimum atomic E-state index is 0.0878. The summed E-state index contributed by atoms with van der Waals surface area (Å²) in [5.41, 5.74) is 5.30. The molecule has 0 radical (unpaired) electrons. The predicted molar refractivity (Wildman–Crippen MR) is 57.0 cm³/mol. The Labute approximate surface area is 85.8 Å². The van der Waals surface area contributed by atoms with E-state index in [4.69, 9.17) is 5.73 Å². The summed E-state index contributed by atoms with van der Waals surface area (Å²) in [6.45, 7) is 1.60. The van der Waals surface area contributed by atoms with Gasteiger partial charge in [-0.05, 0) is 19.9 Å². The van der Waals surface area contributed by atoms with Crippen LogP contribution < -0.4 is 11.1 Å². The SMILES string of the molecule is CN(CC(=O)NCCN)C1CCCC1. The van der Waals surface area contributed by atoms with E-state index in [0.717, 1.165) is 0 Å². The van der Waals surface area contributed by atoms with Crippen molar-refractivity contribution >= 4 is 5.91 Å². The van der Waals surface area contributed by atoms with E-state index in [1.807, 2.05) is 7.05 Å². The fourth-order valence-electron chi connectivity index (χ4n) is 1.97. The quantitative estimate of drug-likeness (QED) is 0.652. The maximum absolute atomic E-state index is 11.4. The molecule has 0 bridgehead atoms. The molecule has 1 aliphatic rings. The summed E-state index contributed by atoms with van der Waals surface area (Å²) >= 11 is 0. The van der Waals surface area contributed by atoms with E-state index in [2.05, 4.69) is 10.2 Å². The topological polar surface area (TPSA) is 58.4 Å². The molecule has 0 unspecified atom stereocenters. The zero-order valence-electron chi connectivity index (χ0n) is 8.96. The summed E-state index contributed by atoms with van der Waals surface area (Å²) < 4.78 is 0. The third kappa shape index (κ3) is 3.64. The van der Waals surface area contributed by atoms with Crippen LogP contribution in [0.1, 0.15) is 25.7 Å². The van der Waals surface area contributed by atoms with Gasteiger partial charge in [-0.15, -0.1) is 0 Å². The lowest BCUT2D eigenvalue weighted by Gasteiger charge is -2.23. The van der Waals surface area contributed by atoms with Crippen LogP contribution in [0.15, 0.2) is 0 Å². The Morgan fingerprint density at radius 3 is 2.71 bits per heavy atom. The molecule has 0 spiro atoms. The van der Waals surface area contributed by atoms with Crippen molar-refractivity contribution in [2.24, 2.45) is 5.73 Å². The number of nitrogens with zero attached hydrogens (tertiary/aromatic N) is 1. The molecule has 1 rings (SSSR count). The molecule has 1 amide bonds. The van der Waals surface area contributed by atoms with Gasteiger partial charge >= 0.3 is 0 Å². The largest absolute Gasteiger partial charge is 0.354 e. The van der Waals surface area contributed by atoms with Gasteiger partial charge in [0.05, 0.1) is 6.54 Å². The van der Waals surface area contributed by atoms with Crippen LogP contribution in [0.3, 0.4) is 0 Å². The van der Waals surface area contributed by atoms with Gasteiger partial charge in [-0.1, -0.05) is 12.8 Å². The minimum Gasteiger partial charge on any atom is -0.354 e. The minimum absolute atomic E-state index is 0.0878. The first-order chi connectivity index (χ1) is 6.74. The van der Waals surface area contributed by atoms with Crippen molar-refractivity contribution in [2.45, 2.75) is 31.7 Å². The number of nitrogens with two attached hydrogens (primary N) is 1.